The Labute approximate surface area is 236 Å². The SMILES string of the molecule is O=C(Nc1c(I)cc(C(F)(C(F)(F)F)C(F)(F)F)cc1C(F)(F)F)c1cccc(N(Cl)C(=O)c2cccnc2)c1. The molecule has 0 fully saturated rings. The van der Waals surface area contributed by atoms with E-state index in [-0.39, 0.29) is 17.3 Å². The third-order valence-corrected chi connectivity index (χ3v) is 6.43. The molecule has 1 heterocycles. The number of rotatable bonds is 5. The molecule has 3 aromatic rings. The van der Waals surface area contributed by atoms with Crippen molar-refractivity contribution in [1.82, 2.24) is 4.98 Å². The predicted octanol–water partition coefficient (Wildman–Crippen LogP) is 8.05. The number of halogens is 12. The minimum atomic E-state index is -6.66. The van der Waals surface area contributed by atoms with Crippen LogP contribution in [0.2, 0.25) is 0 Å². The van der Waals surface area contributed by atoms with Gasteiger partial charge in [0.25, 0.3) is 11.8 Å². The van der Waals surface area contributed by atoms with Gasteiger partial charge in [0.1, 0.15) is 0 Å². The first-order chi connectivity index (χ1) is 18.3. The number of hydrogen-bond acceptors (Lipinski definition) is 3. The summed E-state index contributed by atoms with van der Waals surface area (Å²) in [5, 5.41) is 1.78. The zero-order valence-corrected chi connectivity index (χ0v) is 21.9. The Morgan fingerprint density at radius 1 is 0.850 bits per heavy atom. The smallest absolute Gasteiger partial charge is 0.320 e. The lowest BCUT2D eigenvalue weighted by molar-refractivity contribution is -0.348. The topological polar surface area (TPSA) is 62.3 Å². The average Bonchev–Trinajstić information content (AvgIpc) is 2.86. The molecule has 0 aliphatic carbocycles. The summed E-state index contributed by atoms with van der Waals surface area (Å²) < 4.78 is 134. The van der Waals surface area contributed by atoms with Crippen molar-refractivity contribution in [2.45, 2.75) is 24.2 Å². The summed E-state index contributed by atoms with van der Waals surface area (Å²) in [4.78, 5) is 29.0. The number of pyridine rings is 1. The highest BCUT2D eigenvalue weighted by Crippen LogP contribution is 2.54. The van der Waals surface area contributed by atoms with Crippen LogP contribution in [-0.2, 0) is 11.8 Å². The van der Waals surface area contributed by atoms with Crippen molar-refractivity contribution in [3.63, 3.8) is 0 Å². The number of hydrogen-bond donors (Lipinski definition) is 1. The third kappa shape index (κ3) is 6.11. The molecule has 3 rings (SSSR count). The molecule has 0 bridgehead atoms. The van der Waals surface area contributed by atoms with Crippen LogP contribution in [-0.4, -0.2) is 29.2 Å². The Morgan fingerprint density at radius 3 is 1.98 bits per heavy atom. The number of benzene rings is 2. The van der Waals surface area contributed by atoms with Gasteiger partial charge in [0, 0.05) is 38.9 Å². The molecular formula is C23H11ClF10IN3O2. The number of carbonyl (C=O) groups excluding carboxylic acids is 2. The van der Waals surface area contributed by atoms with Gasteiger partial charge in [-0.2, -0.15) is 39.5 Å². The lowest BCUT2D eigenvalue weighted by Gasteiger charge is -2.31. The molecule has 2 amide bonds. The van der Waals surface area contributed by atoms with Crippen molar-refractivity contribution in [2.75, 3.05) is 9.74 Å². The first kappa shape index (κ1) is 31.4. The van der Waals surface area contributed by atoms with Crippen molar-refractivity contribution in [3.8, 4) is 0 Å². The Kier molecular flexibility index (Phi) is 8.65. The Hall–Kier alpha value is -3.15. The summed E-state index contributed by atoms with van der Waals surface area (Å²) in [5.41, 5.74) is -12.4. The maximum absolute atomic E-state index is 14.5. The molecule has 0 aliphatic heterocycles. The van der Waals surface area contributed by atoms with Gasteiger partial charge >= 0.3 is 24.2 Å². The molecular weight excluding hydrogens is 703 g/mol. The lowest BCUT2D eigenvalue weighted by atomic mass is 9.92. The van der Waals surface area contributed by atoms with E-state index in [4.69, 9.17) is 11.8 Å². The van der Waals surface area contributed by atoms with Crippen molar-refractivity contribution < 1.29 is 53.5 Å². The maximum atomic E-state index is 14.5. The van der Waals surface area contributed by atoms with Gasteiger partial charge < -0.3 is 5.32 Å². The van der Waals surface area contributed by atoms with Crippen molar-refractivity contribution in [3.05, 3.63) is 86.7 Å². The largest absolute Gasteiger partial charge is 0.435 e. The summed E-state index contributed by atoms with van der Waals surface area (Å²) in [7, 11) is 0. The fraction of sp³-hybridized carbons (Fsp3) is 0.174. The van der Waals surface area contributed by atoms with E-state index in [2.05, 4.69) is 4.98 Å². The minimum Gasteiger partial charge on any atom is -0.320 e. The quantitative estimate of drug-likeness (QED) is 0.166. The molecule has 0 radical (unpaired) electrons. The predicted molar refractivity (Wildman–Crippen MR) is 130 cm³/mol. The number of carbonyl (C=O) groups is 2. The van der Waals surface area contributed by atoms with Gasteiger partial charge in [-0.25, -0.2) is 8.81 Å². The maximum Gasteiger partial charge on any atom is 0.435 e. The molecule has 0 unspecified atom stereocenters. The summed E-state index contributed by atoms with van der Waals surface area (Å²) in [6.07, 6.45) is -16.4. The Balaban J connectivity index is 2.03. The number of anilines is 2. The molecule has 2 aromatic carbocycles. The molecule has 0 saturated heterocycles. The first-order valence-corrected chi connectivity index (χ1v) is 11.8. The summed E-state index contributed by atoms with van der Waals surface area (Å²) in [5.74, 6) is -2.10. The van der Waals surface area contributed by atoms with E-state index < -0.39 is 68.0 Å². The molecule has 40 heavy (non-hydrogen) atoms. The second kappa shape index (κ2) is 11.0. The van der Waals surface area contributed by atoms with E-state index in [1.54, 1.807) is 5.32 Å². The molecule has 1 aromatic heterocycles. The lowest BCUT2D eigenvalue weighted by Crippen LogP contribution is -2.50. The van der Waals surface area contributed by atoms with Crippen LogP contribution in [0.4, 0.5) is 55.3 Å². The number of nitrogens with one attached hydrogen (secondary N) is 1. The highest BCUT2D eigenvalue weighted by molar-refractivity contribution is 14.1. The van der Waals surface area contributed by atoms with E-state index in [0.717, 1.165) is 34.7 Å². The van der Waals surface area contributed by atoms with Gasteiger partial charge in [-0.3, -0.25) is 14.6 Å². The first-order valence-electron chi connectivity index (χ1n) is 10.3. The van der Waals surface area contributed by atoms with Gasteiger partial charge in [0.05, 0.1) is 22.5 Å². The summed E-state index contributed by atoms with van der Waals surface area (Å²) >= 11 is 6.96. The molecule has 0 aliphatic rings. The van der Waals surface area contributed by atoms with E-state index in [1.807, 2.05) is 0 Å². The van der Waals surface area contributed by atoms with E-state index >= 15 is 0 Å². The molecule has 1 N–H and O–H groups in total. The fourth-order valence-corrected chi connectivity index (χ4v) is 4.28. The highest BCUT2D eigenvalue weighted by Gasteiger charge is 2.73. The standard InChI is InChI=1S/C23H11ClF10IN3O2/c24-38(19(40)12-4-2-6-36-10-12)14-5-1-3-11(7-14)18(39)37-17-15(21(26,27)28)8-13(9-16(17)35)20(25,22(29,30)31)23(32,33)34/h1-10H,(H,37,39). The molecule has 0 spiro atoms. The van der Waals surface area contributed by atoms with Crippen LogP contribution in [0, 0.1) is 3.57 Å². The van der Waals surface area contributed by atoms with Crippen LogP contribution in [0.15, 0.2) is 60.9 Å². The van der Waals surface area contributed by atoms with Crippen molar-refractivity contribution in [1.29, 1.82) is 0 Å². The average molecular weight is 714 g/mol. The van der Waals surface area contributed by atoms with Gasteiger partial charge in [0.15, 0.2) is 0 Å². The van der Waals surface area contributed by atoms with Gasteiger partial charge in [-0.15, -0.1) is 0 Å². The molecule has 5 nitrogen and oxygen atoms in total. The Morgan fingerprint density at radius 2 is 1.45 bits per heavy atom. The van der Waals surface area contributed by atoms with Crippen LogP contribution in [0.5, 0.6) is 0 Å². The molecule has 0 atom stereocenters. The van der Waals surface area contributed by atoms with Crippen LogP contribution in [0.3, 0.4) is 0 Å². The third-order valence-electron chi connectivity index (χ3n) is 5.24. The molecule has 0 saturated carbocycles. The monoisotopic (exact) mass is 713 g/mol. The minimum absolute atomic E-state index is 0.0402. The fourth-order valence-electron chi connectivity index (χ4n) is 3.32. The van der Waals surface area contributed by atoms with Gasteiger partial charge in [0.2, 0.25) is 0 Å². The zero-order chi connectivity index (χ0) is 30.3. The highest BCUT2D eigenvalue weighted by atomic mass is 127. The molecule has 214 valence electrons. The zero-order valence-electron chi connectivity index (χ0n) is 19.0. The van der Waals surface area contributed by atoms with E-state index in [0.29, 0.717) is 4.42 Å². The van der Waals surface area contributed by atoms with E-state index in [1.165, 1.54) is 36.7 Å². The second-order valence-electron chi connectivity index (χ2n) is 7.86. The van der Waals surface area contributed by atoms with E-state index in [9.17, 15) is 53.5 Å². The van der Waals surface area contributed by atoms with Crippen molar-refractivity contribution in [2.24, 2.45) is 0 Å². The van der Waals surface area contributed by atoms with Gasteiger partial charge in [-0.05, 0) is 65.1 Å². The number of alkyl halides is 10. The number of amides is 2. The summed E-state index contributed by atoms with van der Waals surface area (Å²) in [6, 6.07) is 6.54. The van der Waals surface area contributed by atoms with Crippen molar-refractivity contribution >= 4 is 57.6 Å². The van der Waals surface area contributed by atoms with Gasteiger partial charge in [-0.1, -0.05) is 6.07 Å². The number of aromatic nitrogens is 1. The Bertz CT molecular complexity index is 1420. The second-order valence-corrected chi connectivity index (χ2v) is 9.36. The van der Waals surface area contributed by atoms with Crippen LogP contribution in [0.25, 0.3) is 0 Å². The van der Waals surface area contributed by atoms with Crippen LogP contribution in [0.1, 0.15) is 31.8 Å². The number of nitrogens with zero attached hydrogens (tertiary/aromatic N) is 2. The normalized spacial score (nSPS) is 12.7. The molecule has 17 heteroatoms. The van der Waals surface area contributed by atoms with Crippen LogP contribution < -0.4 is 9.74 Å². The summed E-state index contributed by atoms with van der Waals surface area (Å²) in [6.45, 7) is 0. The van der Waals surface area contributed by atoms with Crippen LogP contribution >= 0.6 is 34.4 Å².